The molecule has 2 aromatic carbocycles. The van der Waals surface area contributed by atoms with Crippen molar-refractivity contribution in [2.24, 2.45) is 0 Å². The Balaban J connectivity index is 1.41. The van der Waals surface area contributed by atoms with Crippen LogP contribution < -0.4 is 9.47 Å². The highest BCUT2D eigenvalue weighted by Gasteiger charge is 2.14. The van der Waals surface area contributed by atoms with Crippen molar-refractivity contribution >= 4 is 23.1 Å². The predicted molar refractivity (Wildman–Crippen MR) is 124 cm³/mol. The molecule has 2 heterocycles. The molecule has 31 heavy (non-hydrogen) atoms. The minimum absolute atomic E-state index is 0.438. The van der Waals surface area contributed by atoms with Gasteiger partial charge in [0.15, 0.2) is 11.5 Å². The Morgan fingerprint density at radius 2 is 1.71 bits per heavy atom. The van der Waals surface area contributed by atoms with E-state index >= 15 is 0 Å². The van der Waals surface area contributed by atoms with Crippen LogP contribution in [0, 0.1) is 0 Å². The molecule has 0 saturated heterocycles. The van der Waals surface area contributed by atoms with Crippen LogP contribution in [0.1, 0.15) is 31.0 Å². The number of nitrogens with zero attached hydrogens (tertiary/aromatic N) is 3. The molecule has 0 amide bonds. The summed E-state index contributed by atoms with van der Waals surface area (Å²) in [5, 5.41) is 11.9. The van der Waals surface area contributed by atoms with Crippen LogP contribution in [0.5, 0.6) is 11.5 Å². The van der Waals surface area contributed by atoms with E-state index in [2.05, 4.69) is 53.7 Å². The van der Waals surface area contributed by atoms with Crippen molar-refractivity contribution in [3.63, 3.8) is 0 Å². The van der Waals surface area contributed by atoms with Gasteiger partial charge in [0.25, 0.3) is 5.22 Å². The molecule has 0 aliphatic rings. The Labute approximate surface area is 189 Å². The number of benzene rings is 2. The molecule has 4 rings (SSSR count). The molecular formula is C23H23N3O3S2. The van der Waals surface area contributed by atoms with Gasteiger partial charge in [-0.3, -0.25) is 0 Å². The molecule has 0 fully saturated rings. The summed E-state index contributed by atoms with van der Waals surface area (Å²) < 4.78 is 16.4. The van der Waals surface area contributed by atoms with Gasteiger partial charge in [-0.05, 0) is 29.7 Å². The Kier molecular flexibility index (Phi) is 6.58. The number of hydrogen-bond acceptors (Lipinski definition) is 8. The van der Waals surface area contributed by atoms with Gasteiger partial charge >= 0.3 is 0 Å². The minimum Gasteiger partial charge on any atom is -0.493 e. The molecule has 0 spiro atoms. The number of aromatic nitrogens is 3. The number of methoxy groups -OCH3 is 2. The van der Waals surface area contributed by atoms with E-state index in [1.165, 1.54) is 17.3 Å². The van der Waals surface area contributed by atoms with Crippen molar-refractivity contribution in [2.75, 3.05) is 14.2 Å². The van der Waals surface area contributed by atoms with Gasteiger partial charge in [-0.2, -0.15) is 0 Å². The van der Waals surface area contributed by atoms with Gasteiger partial charge in [-0.1, -0.05) is 49.9 Å². The highest BCUT2D eigenvalue weighted by molar-refractivity contribution is 7.98. The minimum atomic E-state index is 0.438. The first kappa shape index (κ1) is 21.4. The van der Waals surface area contributed by atoms with Crippen LogP contribution in [0.25, 0.3) is 22.0 Å². The van der Waals surface area contributed by atoms with Crippen molar-refractivity contribution < 1.29 is 13.9 Å². The molecule has 0 aliphatic heterocycles. The summed E-state index contributed by atoms with van der Waals surface area (Å²) in [6, 6.07) is 14.1. The lowest BCUT2D eigenvalue weighted by molar-refractivity contribution is 0.355. The van der Waals surface area contributed by atoms with Crippen LogP contribution in [0.3, 0.4) is 0 Å². The van der Waals surface area contributed by atoms with E-state index in [0.717, 1.165) is 21.8 Å². The Morgan fingerprint density at radius 1 is 0.968 bits per heavy atom. The lowest BCUT2D eigenvalue weighted by Crippen LogP contribution is -1.90. The van der Waals surface area contributed by atoms with E-state index in [1.54, 1.807) is 25.6 Å². The molecule has 4 aromatic rings. The van der Waals surface area contributed by atoms with Crippen LogP contribution >= 0.6 is 23.1 Å². The van der Waals surface area contributed by atoms with Gasteiger partial charge in [0.05, 0.1) is 19.9 Å². The second-order valence-corrected chi connectivity index (χ2v) is 8.94. The summed E-state index contributed by atoms with van der Waals surface area (Å²) >= 11 is 3.11. The maximum Gasteiger partial charge on any atom is 0.277 e. The lowest BCUT2D eigenvalue weighted by atomic mass is 10.0. The van der Waals surface area contributed by atoms with Crippen LogP contribution in [-0.2, 0) is 5.75 Å². The van der Waals surface area contributed by atoms with Gasteiger partial charge < -0.3 is 13.9 Å². The fourth-order valence-corrected chi connectivity index (χ4v) is 4.59. The van der Waals surface area contributed by atoms with Crippen LogP contribution in [0.15, 0.2) is 57.5 Å². The van der Waals surface area contributed by atoms with E-state index < -0.39 is 0 Å². The standard InChI is InChI=1S/C23H23N3O3S2/c1-14(2)15-5-7-16(8-6-15)22-24-18(12-30-22)13-31-23-26-25-21(29-23)17-9-10-19(27-3)20(11-17)28-4/h5-12,14H,13H2,1-4H3. The predicted octanol–water partition coefficient (Wildman–Crippen LogP) is 6.29. The second kappa shape index (κ2) is 9.53. The highest BCUT2D eigenvalue weighted by Crippen LogP contribution is 2.33. The van der Waals surface area contributed by atoms with Crippen molar-refractivity contribution in [1.29, 1.82) is 0 Å². The first-order chi connectivity index (χ1) is 15.1. The van der Waals surface area contributed by atoms with E-state index in [9.17, 15) is 0 Å². The quantitative estimate of drug-likeness (QED) is 0.290. The van der Waals surface area contributed by atoms with Gasteiger partial charge in [-0.25, -0.2) is 4.98 Å². The number of ether oxygens (including phenoxy) is 2. The number of rotatable bonds is 8. The van der Waals surface area contributed by atoms with Crippen LogP contribution in [-0.4, -0.2) is 29.4 Å². The summed E-state index contributed by atoms with van der Waals surface area (Å²) in [6.07, 6.45) is 0. The average molecular weight is 454 g/mol. The highest BCUT2D eigenvalue weighted by atomic mass is 32.2. The van der Waals surface area contributed by atoms with Crippen molar-refractivity contribution in [3.05, 3.63) is 59.1 Å². The monoisotopic (exact) mass is 453 g/mol. The van der Waals surface area contributed by atoms with Crippen LogP contribution in [0.4, 0.5) is 0 Å². The van der Waals surface area contributed by atoms with Gasteiger partial charge in [0, 0.05) is 22.3 Å². The molecule has 0 N–H and O–H groups in total. The fourth-order valence-electron chi connectivity index (χ4n) is 3.01. The maximum absolute atomic E-state index is 5.81. The molecule has 0 unspecified atom stereocenters. The molecule has 160 valence electrons. The first-order valence-electron chi connectivity index (χ1n) is 9.81. The Hall–Kier alpha value is -2.84. The largest absolute Gasteiger partial charge is 0.493 e. The molecule has 6 nitrogen and oxygen atoms in total. The third-order valence-corrected chi connectivity index (χ3v) is 6.55. The summed E-state index contributed by atoms with van der Waals surface area (Å²) in [5.41, 5.74) is 4.23. The fraction of sp³-hybridized carbons (Fsp3) is 0.261. The lowest BCUT2D eigenvalue weighted by Gasteiger charge is -2.07. The third kappa shape index (κ3) is 4.91. The van der Waals surface area contributed by atoms with Gasteiger partial charge in [0.2, 0.25) is 5.89 Å². The van der Waals surface area contributed by atoms with Crippen molar-refractivity contribution in [2.45, 2.75) is 30.7 Å². The Morgan fingerprint density at radius 3 is 2.42 bits per heavy atom. The number of thioether (sulfide) groups is 1. The summed E-state index contributed by atoms with van der Waals surface area (Å²) in [4.78, 5) is 4.75. The van der Waals surface area contributed by atoms with E-state index in [-0.39, 0.29) is 0 Å². The zero-order chi connectivity index (χ0) is 21.8. The van der Waals surface area contributed by atoms with Gasteiger partial charge in [0.1, 0.15) is 5.01 Å². The van der Waals surface area contributed by atoms with Crippen LogP contribution in [0.2, 0.25) is 0 Å². The average Bonchev–Trinajstić information content (AvgIpc) is 3.47. The zero-order valence-electron chi connectivity index (χ0n) is 17.8. The summed E-state index contributed by atoms with van der Waals surface area (Å²) in [7, 11) is 3.20. The first-order valence-corrected chi connectivity index (χ1v) is 11.7. The Bertz CT molecular complexity index is 1150. The number of thiazole rings is 1. The third-order valence-electron chi connectivity index (χ3n) is 4.76. The molecule has 0 bridgehead atoms. The molecule has 0 saturated carbocycles. The smallest absolute Gasteiger partial charge is 0.277 e. The van der Waals surface area contributed by atoms with Crippen molar-refractivity contribution in [3.8, 4) is 33.5 Å². The summed E-state index contributed by atoms with van der Waals surface area (Å²) in [5.74, 6) is 2.89. The van der Waals surface area contributed by atoms with E-state index in [0.29, 0.717) is 34.3 Å². The normalized spacial score (nSPS) is 11.1. The van der Waals surface area contributed by atoms with Crippen molar-refractivity contribution in [1.82, 2.24) is 15.2 Å². The van der Waals surface area contributed by atoms with E-state index in [1.807, 2.05) is 18.2 Å². The second-order valence-electron chi connectivity index (χ2n) is 7.15. The number of hydrogen-bond donors (Lipinski definition) is 0. The zero-order valence-corrected chi connectivity index (χ0v) is 19.4. The molecule has 0 atom stereocenters. The molecule has 0 radical (unpaired) electrons. The van der Waals surface area contributed by atoms with Gasteiger partial charge in [-0.15, -0.1) is 21.5 Å². The SMILES string of the molecule is COc1ccc(-c2nnc(SCc3csc(-c4ccc(C(C)C)cc4)n3)o2)cc1OC. The maximum atomic E-state index is 5.81. The van der Waals surface area contributed by atoms with E-state index in [4.69, 9.17) is 18.9 Å². The molecule has 2 aromatic heterocycles. The molecular weight excluding hydrogens is 430 g/mol. The topological polar surface area (TPSA) is 70.3 Å². The summed E-state index contributed by atoms with van der Waals surface area (Å²) in [6.45, 7) is 4.39. The molecule has 8 heteroatoms. The molecule has 0 aliphatic carbocycles.